The SMILES string of the molecule is CC1CC[NH+](CC(=O)N[C@H]2CS(=O)(=O)C[C@H]2Cl)CC1. The average molecular weight is 310 g/mol. The smallest absolute Gasteiger partial charge is 0.275 e. The Hall–Kier alpha value is -0.330. The second kappa shape index (κ2) is 5.97. The molecule has 2 aliphatic rings. The van der Waals surface area contributed by atoms with Crippen LogP contribution >= 0.6 is 11.6 Å². The Bertz CT molecular complexity index is 432. The maximum Gasteiger partial charge on any atom is 0.275 e. The standard InChI is InChI=1S/C12H21ClN2O3S/c1-9-2-4-15(5-3-9)6-12(16)14-11-8-19(17,18)7-10(11)13/h9-11H,2-8H2,1H3,(H,14,16)/p+1/t10-,11+/m1/s1. The molecule has 110 valence electrons. The van der Waals surface area contributed by atoms with Crippen LogP contribution in [0.5, 0.6) is 0 Å². The zero-order valence-corrected chi connectivity index (χ0v) is 12.8. The first-order valence-corrected chi connectivity index (χ1v) is 9.09. The lowest BCUT2D eigenvalue weighted by atomic mass is 9.99. The fraction of sp³-hybridized carbons (Fsp3) is 0.917. The molecule has 0 aliphatic carbocycles. The van der Waals surface area contributed by atoms with Gasteiger partial charge in [0.15, 0.2) is 16.4 Å². The molecule has 0 aromatic carbocycles. The van der Waals surface area contributed by atoms with E-state index in [1.54, 1.807) is 0 Å². The number of halogens is 1. The van der Waals surface area contributed by atoms with Crippen molar-refractivity contribution in [2.24, 2.45) is 5.92 Å². The van der Waals surface area contributed by atoms with E-state index in [-0.39, 0.29) is 17.4 Å². The van der Waals surface area contributed by atoms with Gasteiger partial charge in [0.25, 0.3) is 5.91 Å². The number of carbonyl (C=O) groups excluding carboxylic acids is 1. The number of hydrogen-bond donors (Lipinski definition) is 2. The highest BCUT2D eigenvalue weighted by molar-refractivity contribution is 7.91. The minimum absolute atomic E-state index is 0.0285. The van der Waals surface area contributed by atoms with Gasteiger partial charge in [0, 0.05) is 0 Å². The Labute approximate surface area is 119 Å². The van der Waals surface area contributed by atoms with Gasteiger partial charge in [-0.25, -0.2) is 8.42 Å². The van der Waals surface area contributed by atoms with Gasteiger partial charge in [0.2, 0.25) is 0 Å². The van der Waals surface area contributed by atoms with E-state index in [1.165, 1.54) is 4.90 Å². The van der Waals surface area contributed by atoms with E-state index >= 15 is 0 Å². The van der Waals surface area contributed by atoms with Crippen molar-refractivity contribution in [2.45, 2.75) is 31.2 Å². The molecule has 2 atom stereocenters. The third-order valence-corrected chi connectivity index (χ3v) is 6.40. The van der Waals surface area contributed by atoms with Gasteiger partial charge in [0.05, 0.1) is 36.0 Å². The van der Waals surface area contributed by atoms with Crippen molar-refractivity contribution in [3.8, 4) is 0 Å². The quantitative estimate of drug-likeness (QED) is 0.645. The fourth-order valence-corrected chi connectivity index (χ4v) is 5.32. The van der Waals surface area contributed by atoms with Gasteiger partial charge in [-0.3, -0.25) is 4.79 Å². The Balaban J connectivity index is 1.79. The van der Waals surface area contributed by atoms with Gasteiger partial charge in [-0.2, -0.15) is 0 Å². The number of rotatable bonds is 3. The van der Waals surface area contributed by atoms with E-state index in [9.17, 15) is 13.2 Å². The molecule has 2 fully saturated rings. The van der Waals surface area contributed by atoms with Crippen LogP contribution in [0.2, 0.25) is 0 Å². The van der Waals surface area contributed by atoms with Gasteiger partial charge >= 0.3 is 0 Å². The molecule has 0 saturated carbocycles. The maximum absolute atomic E-state index is 11.9. The molecular formula is C12H22ClN2O3S+. The molecule has 7 heteroatoms. The number of likely N-dealkylation sites (tertiary alicyclic amines) is 1. The van der Waals surface area contributed by atoms with E-state index < -0.39 is 21.3 Å². The minimum atomic E-state index is -3.08. The molecule has 0 unspecified atom stereocenters. The zero-order chi connectivity index (χ0) is 14.0. The van der Waals surface area contributed by atoms with Crippen molar-refractivity contribution in [1.82, 2.24) is 5.32 Å². The zero-order valence-electron chi connectivity index (χ0n) is 11.2. The predicted molar refractivity (Wildman–Crippen MR) is 74.2 cm³/mol. The number of hydrogen-bond acceptors (Lipinski definition) is 3. The molecule has 0 radical (unpaired) electrons. The summed E-state index contributed by atoms with van der Waals surface area (Å²) in [5, 5.41) is 2.28. The van der Waals surface area contributed by atoms with Crippen molar-refractivity contribution >= 4 is 27.3 Å². The summed E-state index contributed by atoms with van der Waals surface area (Å²) in [7, 11) is -3.08. The minimum Gasteiger partial charge on any atom is -0.346 e. The Morgan fingerprint density at radius 3 is 2.47 bits per heavy atom. The van der Waals surface area contributed by atoms with Crippen molar-refractivity contribution in [3.05, 3.63) is 0 Å². The number of nitrogens with one attached hydrogen (secondary N) is 2. The van der Waals surface area contributed by atoms with E-state index in [1.807, 2.05) is 0 Å². The van der Waals surface area contributed by atoms with Crippen LogP contribution < -0.4 is 10.2 Å². The second-order valence-electron chi connectivity index (χ2n) is 5.88. The van der Waals surface area contributed by atoms with Crippen LogP contribution in [-0.2, 0) is 14.6 Å². The Morgan fingerprint density at radius 1 is 1.32 bits per heavy atom. The van der Waals surface area contributed by atoms with Crippen LogP contribution in [0.15, 0.2) is 0 Å². The highest BCUT2D eigenvalue weighted by Crippen LogP contribution is 2.17. The fourth-order valence-electron chi connectivity index (χ4n) is 2.77. The Kier molecular flexibility index (Phi) is 4.74. The molecule has 2 N–H and O–H groups in total. The first-order chi connectivity index (χ1) is 8.85. The van der Waals surface area contributed by atoms with Gasteiger partial charge in [-0.1, -0.05) is 6.92 Å². The molecule has 1 amide bonds. The first-order valence-electron chi connectivity index (χ1n) is 6.83. The average Bonchev–Trinajstić information content (AvgIpc) is 2.55. The van der Waals surface area contributed by atoms with Crippen molar-refractivity contribution in [2.75, 3.05) is 31.1 Å². The second-order valence-corrected chi connectivity index (χ2v) is 8.59. The van der Waals surface area contributed by atoms with Crippen LogP contribution in [0.1, 0.15) is 19.8 Å². The molecular weight excluding hydrogens is 288 g/mol. The molecule has 0 aromatic heterocycles. The molecule has 0 spiro atoms. The topological polar surface area (TPSA) is 67.7 Å². The third kappa shape index (κ3) is 4.33. The summed E-state index contributed by atoms with van der Waals surface area (Å²) >= 11 is 5.97. The molecule has 5 nitrogen and oxygen atoms in total. The summed E-state index contributed by atoms with van der Waals surface area (Å²) in [6.07, 6.45) is 2.30. The number of sulfone groups is 1. The van der Waals surface area contributed by atoms with Gasteiger partial charge in [-0.05, 0) is 18.8 Å². The summed E-state index contributed by atoms with van der Waals surface area (Å²) in [5.41, 5.74) is 0. The van der Waals surface area contributed by atoms with Crippen LogP contribution in [0.25, 0.3) is 0 Å². The summed E-state index contributed by atoms with van der Waals surface area (Å²) < 4.78 is 22.8. The number of carbonyl (C=O) groups is 1. The molecule has 0 bridgehead atoms. The third-order valence-electron chi connectivity index (χ3n) is 4.02. The normalized spacial score (nSPS) is 38.0. The monoisotopic (exact) mass is 309 g/mol. The predicted octanol–water partition coefficient (Wildman–Crippen LogP) is -1.18. The summed E-state index contributed by atoms with van der Waals surface area (Å²) in [6.45, 7) is 4.69. The van der Waals surface area contributed by atoms with Gasteiger partial charge < -0.3 is 10.2 Å². The lowest BCUT2D eigenvalue weighted by Gasteiger charge is -2.27. The van der Waals surface area contributed by atoms with Crippen molar-refractivity contribution in [1.29, 1.82) is 0 Å². The van der Waals surface area contributed by atoms with Crippen LogP contribution in [0.4, 0.5) is 0 Å². The molecule has 19 heavy (non-hydrogen) atoms. The van der Waals surface area contributed by atoms with E-state index in [0.717, 1.165) is 31.8 Å². The highest BCUT2D eigenvalue weighted by atomic mass is 35.5. The van der Waals surface area contributed by atoms with E-state index in [4.69, 9.17) is 11.6 Å². The Morgan fingerprint density at radius 2 is 1.95 bits per heavy atom. The summed E-state index contributed by atoms with van der Waals surface area (Å²) in [6, 6.07) is -0.428. The lowest BCUT2D eigenvalue weighted by Crippen LogP contribution is -3.14. The van der Waals surface area contributed by atoms with Gasteiger partial charge in [0.1, 0.15) is 0 Å². The largest absolute Gasteiger partial charge is 0.346 e. The van der Waals surface area contributed by atoms with Crippen molar-refractivity contribution in [3.63, 3.8) is 0 Å². The first kappa shape index (κ1) is 15.1. The summed E-state index contributed by atoms with van der Waals surface area (Å²) in [4.78, 5) is 13.2. The van der Waals surface area contributed by atoms with Gasteiger partial charge in [-0.15, -0.1) is 11.6 Å². The summed E-state index contributed by atoms with van der Waals surface area (Å²) in [5.74, 6) is 0.601. The molecule has 2 aliphatic heterocycles. The number of alkyl halides is 1. The van der Waals surface area contributed by atoms with Crippen molar-refractivity contribution < 1.29 is 18.1 Å². The lowest BCUT2D eigenvalue weighted by molar-refractivity contribution is -0.898. The van der Waals surface area contributed by atoms with Crippen LogP contribution in [0, 0.1) is 5.92 Å². The number of piperidine rings is 1. The van der Waals surface area contributed by atoms with Crippen LogP contribution in [0.3, 0.4) is 0 Å². The number of quaternary nitrogens is 1. The molecule has 0 aromatic rings. The van der Waals surface area contributed by atoms with E-state index in [0.29, 0.717) is 6.54 Å². The molecule has 2 saturated heterocycles. The van der Waals surface area contributed by atoms with Crippen LogP contribution in [-0.4, -0.2) is 56.9 Å². The molecule has 2 rings (SSSR count). The highest BCUT2D eigenvalue weighted by Gasteiger charge is 2.37. The van der Waals surface area contributed by atoms with E-state index in [2.05, 4.69) is 12.2 Å². The maximum atomic E-state index is 11.9. The number of amides is 1. The molecule has 2 heterocycles.